The first-order valence-electron chi connectivity index (χ1n) is 7.61. The lowest BCUT2D eigenvalue weighted by Crippen LogP contribution is -1.94. The molecule has 116 valence electrons. The molecular formula is C18H16FN3O. The van der Waals surface area contributed by atoms with Crippen LogP contribution in [0.2, 0.25) is 0 Å². The third-order valence-corrected chi connectivity index (χ3v) is 4.02. The van der Waals surface area contributed by atoms with Gasteiger partial charge in [-0.3, -0.25) is 0 Å². The molecule has 1 N–H and O–H groups in total. The van der Waals surface area contributed by atoms with Crippen LogP contribution in [0.25, 0.3) is 11.4 Å². The van der Waals surface area contributed by atoms with Crippen LogP contribution in [-0.4, -0.2) is 16.3 Å². The van der Waals surface area contributed by atoms with Crippen molar-refractivity contribution in [1.29, 1.82) is 0 Å². The van der Waals surface area contributed by atoms with Crippen molar-refractivity contribution in [1.82, 2.24) is 10.1 Å². The van der Waals surface area contributed by atoms with Crippen LogP contribution in [0.1, 0.15) is 23.8 Å². The fourth-order valence-corrected chi connectivity index (χ4v) is 2.50. The van der Waals surface area contributed by atoms with Gasteiger partial charge in [-0.05, 0) is 37.1 Å². The van der Waals surface area contributed by atoms with Gasteiger partial charge in [0.25, 0.3) is 0 Å². The van der Waals surface area contributed by atoms with Gasteiger partial charge in [0.1, 0.15) is 6.17 Å². The Morgan fingerprint density at radius 2 is 1.96 bits per heavy atom. The Kier molecular flexibility index (Phi) is 3.33. The first-order chi connectivity index (χ1) is 11.2. The second-order valence-corrected chi connectivity index (χ2v) is 5.84. The minimum absolute atomic E-state index is 0.219. The van der Waals surface area contributed by atoms with Crippen LogP contribution in [0.15, 0.2) is 53.1 Å². The fraction of sp³-hybridized carbons (Fsp3) is 0.222. The number of nitrogens with one attached hydrogen (secondary N) is 1. The molecule has 1 aliphatic rings. The summed E-state index contributed by atoms with van der Waals surface area (Å²) in [6.07, 6.45) is -0.354. The molecule has 0 aliphatic heterocycles. The monoisotopic (exact) mass is 309 g/mol. The molecule has 23 heavy (non-hydrogen) atoms. The van der Waals surface area contributed by atoms with Crippen molar-refractivity contribution >= 4 is 11.4 Å². The highest BCUT2D eigenvalue weighted by molar-refractivity contribution is 5.70. The van der Waals surface area contributed by atoms with Crippen molar-refractivity contribution in [2.75, 3.05) is 5.32 Å². The van der Waals surface area contributed by atoms with Crippen molar-refractivity contribution in [2.24, 2.45) is 0 Å². The third kappa shape index (κ3) is 2.82. The maximum Gasteiger partial charge on any atom is 0.233 e. The highest BCUT2D eigenvalue weighted by Gasteiger charge is 2.43. The number of benzene rings is 2. The highest BCUT2D eigenvalue weighted by Crippen LogP contribution is 2.43. The van der Waals surface area contributed by atoms with E-state index in [2.05, 4.69) is 15.5 Å². The zero-order valence-corrected chi connectivity index (χ0v) is 12.7. The number of nitrogens with zero attached hydrogens (tertiary/aromatic N) is 2. The fourth-order valence-electron chi connectivity index (χ4n) is 2.50. The van der Waals surface area contributed by atoms with E-state index in [1.54, 1.807) is 0 Å². The molecule has 1 heterocycles. The maximum absolute atomic E-state index is 13.1. The van der Waals surface area contributed by atoms with Crippen LogP contribution < -0.4 is 5.32 Å². The Morgan fingerprint density at radius 3 is 2.70 bits per heavy atom. The van der Waals surface area contributed by atoms with Crippen LogP contribution in [0.4, 0.5) is 15.8 Å². The quantitative estimate of drug-likeness (QED) is 0.764. The number of aryl methyl sites for hydroxylation is 1. The van der Waals surface area contributed by atoms with E-state index < -0.39 is 6.17 Å². The summed E-state index contributed by atoms with van der Waals surface area (Å²) in [5.74, 6) is 0.671. The van der Waals surface area contributed by atoms with Crippen LogP contribution in [-0.2, 0) is 0 Å². The second-order valence-electron chi connectivity index (χ2n) is 5.84. The summed E-state index contributed by atoms with van der Waals surface area (Å²) >= 11 is 0. The van der Waals surface area contributed by atoms with Crippen LogP contribution in [0.5, 0.6) is 0 Å². The Morgan fingerprint density at radius 1 is 1.17 bits per heavy atom. The Bertz CT molecular complexity index is 831. The van der Waals surface area contributed by atoms with E-state index in [1.165, 1.54) is 0 Å². The first kappa shape index (κ1) is 13.9. The number of hydrogen-bond donors (Lipinski definition) is 1. The van der Waals surface area contributed by atoms with Crippen molar-refractivity contribution in [3.8, 4) is 11.4 Å². The maximum atomic E-state index is 13.1. The summed E-state index contributed by atoms with van der Waals surface area (Å²) in [6.45, 7) is 2.04. The van der Waals surface area contributed by atoms with E-state index in [0.29, 0.717) is 18.1 Å². The van der Waals surface area contributed by atoms with Crippen LogP contribution >= 0.6 is 0 Å². The molecule has 1 aliphatic carbocycles. The molecule has 4 nitrogen and oxygen atoms in total. The Balaban J connectivity index is 1.62. The van der Waals surface area contributed by atoms with E-state index in [9.17, 15) is 4.39 Å². The number of rotatable bonds is 4. The number of para-hydroxylation sites is 1. The number of hydrogen-bond acceptors (Lipinski definition) is 4. The first-order valence-corrected chi connectivity index (χ1v) is 7.61. The van der Waals surface area contributed by atoms with E-state index in [0.717, 1.165) is 22.5 Å². The smallest absolute Gasteiger partial charge is 0.233 e. The highest BCUT2D eigenvalue weighted by atomic mass is 19.1. The van der Waals surface area contributed by atoms with Gasteiger partial charge in [0.05, 0.1) is 5.92 Å². The van der Waals surface area contributed by atoms with E-state index >= 15 is 0 Å². The third-order valence-electron chi connectivity index (χ3n) is 4.02. The molecule has 2 atom stereocenters. The minimum Gasteiger partial charge on any atom is -0.355 e. The zero-order valence-electron chi connectivity index (χ0n) is 12.7. The van der Waals surface area contributed by atoms with Crippen molar-refractivity contribution < 1.29 is 8.91 Å². The van der Waals surface area contributed by atoms with Gasteiger partial charge < -0.3 is 9.84 Å². The predicted octanol–water partition coefficient (Wildman–Crippen LogP) is 4.61. The molecule has 0 spiro atoms. The molecule has 0 radical (unpaired) electrons. The summed E-state index contributed by atoms with van der Waals surface area (Å²) in [5.41, 5.74) is 3.96. The van der Waals surface area contributed by atoms with Gasteiger partial charge >= 0.3 is 0 Å². The molecule has 0 bridgehead atoms. The van der Waals surface area contributed by atoms with Gasteiger partial charge in [-0.2, -0.15) is 4.98 Å². The van der Waals surface area contributed by atoms with Crippen molar-refractivity contribution in [3.63, 3.8) is 0 Å². The van der Waals surface area contributed by atoms with Gasteiger partial charge in [-0.25, -0.2) is 4.39 Å². The Labute approximate surface area is 133 Å². The van der Waals surface area contributed by atoms with Crippen LogP contribution in [0, 0.1) is 6.92 Å². The molecule has 1 aromatic heterocycles. The minimum atomic E-state index is -0.836. The van der Waals surface area contributed by atoms with Gasteiger partial charge in [0.15, 0.2) is 0 Å². The van der Waals surface area contributed by atoms with E-state index in [1.807, 2.05) is 55.5 Å². The molecule has 1 saturated carbocycles. The average molecular weight is 309 g/mol. The largest absolute Gasteiger partial charge is 0.355 e. The molecule has 0 amide bonds. The van der Waals surface area contributed by atoms with Crippen molar-refractivity contribution in [3.05, 3.63) is 60.0 Å². The normalized spacial score (nSPS) is 19.6. The van der Waals surface area contributed by atoms with Gasteiger partial charge in [-0.15, -0.1) is 0 Å². The summed E-state index contributed by atoms with van der Waals surface area (Å²) in [7, 11) is 0. The second kappa shape index (κ2) is 5.50. The summed E-state index contributed by atoms with van der Waals surface area (Å²) in [6, 6.07) is 15.9. The summed E-state index contributed by atoms with van der Waals surface area (Å²) in [5, 5.41) is 7.36. The SMILES string of the molecule is Cc1ccc(-c2noc([C@H]3C[C@@H]3F)n2)cc1Nc1ccccc1. The molecule has 3 aromatic rings. The molecule has 4 rings (SSSR count). The molecular weight excluding hydrogens is 293 g/mol. The molecule has 1 fully saturated rings. The van der Waals surface area contributed by atoms with Gasteiger partial charge in [0, 0.05) is 16.9 Å². The predicted molar refractivity (Wildman–Crippen MR) is 86.4 cm³/mol. The standard InChI is InChI=1S/C18H16FN3O/c1-11-7-8-12(9-16(11)20-13-5-3-2-4-6-13)17-21-18(23-22-17)14-10-15(14)19/h2-9,14-15,20H,10H2,1H3/t14-,15-/m0/s1. The van der Waals surface area contributed by atoms with E-state index in [4.69, 9.17) is 4.52 Å². The van der Waals surface area contributed by atoms with Gasteiger partial charge in [0.2, 0.25) is 11.7 Å². The number of aromatic nitrogens is 2. The number of anilines is 2. The van der Waals surface area contributed by atoms with Crippen molar-refractivity contribution in [2.45, 2.75) is 25.4 Å². The molecule has 2 aromatic carbocycles. The molecule has 5 heteroatoms. The summed E-state index contributed by atoms with van der Waals surface area (Å²) in [4.78, 5) is 4.33. The van der Waals surface area contributed by atoms with Gasteiger partial charge in [-0.1, -0.05) is 35.5 Å². The lowest BCUT2D eigenvalue weighted by atomic mass is 10.1. The molecule has 0 unspecified atom stereocenters. The Hall–Kier alpha value is -2.69. The summed E-state index contributed by atoms with van der Waals surface area (Å²) < 4.78 is 18.3. The lowest BCUT2D eigenvalue weighted by molar-refractivity contribution is 0.363. The molecule has 0 saturated heterocycles. The van der Waals surface area contributed by atoms with Crippen LogP contribution in [0.3, 0.4) is 0 Å². The average Bonchev–Trinajstić information content (AvgIpc) is 3.10. The number of alkyl halides is 1. The lowest BCUT2D eigenvalue weighted by Gasteiger charge is -2.10. The van der Waals surface area contributed by atoms with E-state index in [-0.39, 0.29) is 5.92 Å². The topological polar surface area (TPSA) is 51.0 Å². The zero-order chi connectivity index (χ0) is 15.8. The number of halogens is 1.